The number of pyridine rings is 1. The Morgan fingerprint density at radius 1 is 1.14 bits per heavy atom. The lowest BCUT2D eigenvalue weighted by Crippen LogP contribution is -2.30. The molecule has 1 heterocycles. The minimum atomic E-state index is -0.959. The smallest absolute Gasteiger partial charge is 0.357 e. The molecule has 0 spiro atoms. The Morgan fingerprint density at radius 3 is 2.55 bits per heavy atom. The predicted octanol–water partition coefficient (Wildman–Crippen LogP) is 2.27. The maximum atomic E-state index is 12.1. The molecule has 2 rings (SSSR count). The van der Waals surface area contributed by atoms with Crippen molar-refractivity contribution in [3.8, 4) is 5.75 Å². The fourth-order valence-electron chi connectivity index (χ4n) is 1.74. The summed E-state index contributed by atoms with van der Waals surface area (Å²) in [6, 6.07) is 11.9. The third-order valence-electron chi connectivity index (χ3n) is 2.89. The average Bonchev–Trinajstić information content (AvgIpc) is 2.56. The Balaban J connectivity index is 1.99. The van der Waals surface area contributed by atoms with Gasteiger partial charge in [0.15, 0.2) is 6.10 Å². The van der Waals surface area contributed by atoms with Gasteiger partial charge in [0.1, 0.15) is 11.4 Å². The molecule has 0 radical (unpaired) electrons. The van der Waals surface area contributed by atoms with Crippen molar-refractivity contribution in [1.29, 1.82) is 0 Å². The van der Waals surface area contributed by atoms with Gasteiger partial charge in [-0.3, -0.25) is 4.79 Å². The third-order valence-corrected chi connectivity index (χ3v) is 2.89. The summed E-state index contributed by atoms with van der Waals surface area (Å²) in [5.74, 6) is -0.573. The second-order valence-electron chi connectivity index (χ2n) is 4.45. The number of esters is 1. The van der Waals surface area contributed by atoms with Gasteiger partial charge < -0.3 is 14.8 Å². The van der Waals surface area contributed by atoms with Gasteiger partial charge in [0, 0.05) is 6.20 Å². The van der Waals surface area contributed by atoms with E-state index in [4.69, 9.17) is 9.47 Å². The number of anilines is 1. The quantitative estimate of drug-likeness (QED) is 0.857. The second-order valence-corrected chi connectivity index (χ2v) is 4.45. The molecule has 0 unspecified atom stereocenters. The minimum Gasteiger partial charge on any atom is -0.495 e. The van der Waals surface area contributed by atoms with Crippen molar-refractivity contribution in [2.24, 2.45) is 0 Å². The minimum absolute atomic E-state index is 0.152. The summed E-state index contributed by atoms with van der Waals surface area (Å²) in [4.78, 5) is 27.8. The standard InChI is InChI=1S/C16H16N2O4/c1-11(22-16(20)13-8-5-6-10-17-13)15(19)18-12-7-3-4-9-14(12)21-2/h3-11H,1-2H3,(H,18,19)/t11-/m1/s1. The lowest BCUT2D eigenvalue weighted by Gasteiger charge is -2.14. The monoisotopic (exact) mass is 300 g/mol. The Kier molecular flexibility index (Phi) is 5.08. The van der Waals surface area contributed by atoms with Crippen molar-refractivity contribution >= 4 is 17.6 Å². The van der Waals surface area contributed by atoms with Crippen molar-refractivity contribution in [2.75, 3.05) is 12.4 Å². The van der Waals surface area contributed by atoms with Gasteiger partial charge >= 0.3 is 5.97 Å². The number of aromatic nitrogens is 1. The first-order valence-corrected chi connectivity index (χ1v) is 6.67. The zero-order valence-corrected chi connectivity index (χ0v) is 12.3. The molecule has 1 amide bonds. The van der Waals surface area contributed by atoms with Crippen LogP contribution in [-0.4, -0.2) is 30.1 Å². The van der Waals surface area contributed by atoms with Gasteiger partial charge in [-0.25, -0.2) is 9.78 Å². The van der Waals surface area contributed by atoms with Gasteiger partial charge in [0.25, 0.3) is 5.91 Å². The van der Waals surface area contributed by atoms with Crippen LogP contribution in [0.25, 0.3) is 0 Å². The van der Waals surface area contributed by atoms with Gasteiger partial charge in [0.2, 0.25) is 0 Å². The predicted molar refractivity (Wildman–Crippen MR) is 80.7 cm³/mol. The highest BCUT2D eigenvalue weighted by molar-refractivity contribution is 5.97. The van der Waals surface area contributed by atoms with E-state index in [0.29, 0.717) is 11.4 Å². The average molecular weight is 300 g/mol. The van der Waals surface area contributed by atoms with E-state index in [9.17, 15) is 9.59 Å². The molecule has 0 aliphatic carbocycles. The molecule has 22 heavy (non-hydrogen) atoms. The molecule has 0 saturated heterocycles. The van der Waals surface area contributed by atoms with Gasteiger partial charge in [-0.05, 0) is 31.2 Å². The normalized spacial score (nSPS) is 11.4. The van der Waals surface area contributed by atoms with Crippen LogP contribution in [0.5, 0.6) is 5.75 Å². The third kappa shape index (κ3) is 3.82. The van der Waals surface area contributed by atoms with Gasteiger partial charge in [0.05, 0.1) is 12.8 Å². The van der Waals surface area contributed by atoms with Crippen molar-refractivity contribution in [2.45, 2.75) is 13.0 Å². The summed E-state index contributed by atoms with van der Waals surface area (Å²) < 4.78 is 10.2. The van der Waals surface area contributed by atoms with Crippen LogP contribution >= 0.6 is 0 Å². The summed E-state index contributed by atoms with van der Waals surface area (Å²) in [5, 5.41) is 2.66. The fraction of sp³-hybridized carbons (Fsp3) is 0.188. The Hall–Kier alpha value is -2.89. The van der Waals surface area contributed by atoms with E-state index >= 15 is 0 Å². The van der Waals surface area contributed by atoms with E-state index in [0.717, 1.165) is 0 Å². The van der Waals surface area contributed by atoms with Crippen LogP contribution in [0.3, 0.4) is 0 Å². The van der Waals surface area contributed by atoms with Crippen LogP contribution in [0, 0.1) is 0 Å². The van der Waals surface area contributed by atoms with E-state index in [1.165, 1.54) is 26.3 Å². The van der Waals surface area contributed by atoms with Gasteiger partial charge in [-0.15, -0.1) is 0 Å². The number of hydrogen-bond acceptors (Lipinski definition) is 5. The Morgan fingerprint density at radius 2 is 1.86 bits per heavy atom. The van der Waals surface area contributed by atoms with Crippen molar-refractivity contribution in [3.05, 3.63) is 54.4 Å². The van der Waals surface area contributed by atoms with E-state index in [-0.39, 0.29) is 5.69 Å². The number of amides is 1. The van der Waals surface area contributed by atoms with Crippen molar-refractivity contribution in [1.82, 2.24) is 4.98 Å². The van der Waals surface area contributed by atoms with Crippen LogP contribution in [0.15, 0.2) is 48.7 Å². The van der Waals surface area contributed by atoms with E-state index < -0.39 is 18.0 Å². The maximum Gasteiger partial charge on any atom is 0.357 e. The zero-order valence-electron chi connectivity index (χ0n) is 12.3. The van der Waals surface area contributed by atoms with Crippen LogP contribution in [-0.2, 0) is 9.53 Å². The first-order valence-electron chi connectivity index (χ1n) is 6.67. The first-order chi connectivity index (χ1) is 10.6. The fourth-order valence-corrected chi connectivity index (χ4v) is 1.74. The van der Waals surface area contributed by atoms with Crippen molar-refractivity contribution in [3.63, 3.8) is 0 Å². The lowest BCUT2D eigenvalue weighted by molar-refractivity contribution is -0.123. The number of carbonyl (C=O) groups excluding carboxylic acids is 2. The number of carbonyl (C=O) groups is 2. The molecule has 6 nitrogen and oxygen atoms in total. The maximum absolute atomic E-state index is 12.1. The summed E-state index contributed by atoms with van der Waals surface area (Å²) >= 11 is 0. The van der Waals surface area contributed by atoms with Gasteiger partial charge in [-0.2, -0.15) is 0 Å². The molecule has 0 fully saturated rings. The van der Waals surface area contributed by atoms with Gasteiger partial charge in [-0.1, -0.05) is 18.2 Å². The molecular formula is C16H16N2O4. The number of hydrogen-bond donors (Lipinski definition) is 1. The molecule has 2 aromatic rings. The summed E-state index contributed by atoms with van der Waals surface area (Å²) in [5.41, 5.74) is 0.662. The molecule has 114 valence electrons. The number of methoxy groups -OCH3 is 1. The molecule has 1 aromatic carbocycles. The second kappa shape index (κ2) is 7.21. The van der Waals surface area contributed by atoms with Crippen molar-refractivity contribution < 1.29 is 19.1 Å². The SMILES string of the molecule is COc1ccccc1NC(=O)[C@@H](C)OC(=O)c1ccccn1. The first kappa shape index (κ1) is 15.5. The highest BCUT2D eigenvalue weighted by Gasteiger charge is 2.20. The van der Waals surface area contributed by atoms with E-state index in [1.807, 2.05) is 0 Å². The molecule has 0 aliphatic rings. The topological polar surface area (TPSA) is 77.5 Å². The highest BCUT2D eigenvalue weighted by Crippen LogP contribution is 2.23. The highest BCUT2D eigenvalue weighted by atomic mass is 16.5. The van der Waals surface area contributed by atoms with Crippen LogP contribution in [0.2, 0.25) is 0 Å². The van der Waals surface area contributed by atoms with E-state index in [2.05, 4.69) is 10.3 Å². The molecule has 1 aromatic heterocycles. The molecule has 1 atom stereocenters. The van der Waals surface area contributed by atoms with Crippen LogP contribution in [0.1, 0.15) is 17.4 Å². The number of ether oxygens (including phenoxy) is 2. The largest absolute Gasteiger partial charge is 0.495 e. The number of nitrogens with one attached hydrogen (secondary N) is 1. The number of nitrogens with zero attached hydrogens (tertiary/aromatic N) is 1. The molecular weight excluding hydrogens is 284 g/mol. The molecule has 6 heteroatoms. The molecule has 0 saturated carbocycles. The van der Waals surface area contributed by atoms with Crippen LogP contribution < -0.4 is 10.1 Å². The Labute approximate surface area is 128 Å². The van der Waals surface area contributed by atoms with E-state index in [1.54, 1.807) is 36.4 Å². The van der Waals surface area contributed by atoms with Crippen LogP contribution in [0.4, 0.5) is 5.69 Å². The lowest BCUT2D eigenvalue weighted by atomic mass is 10.2. The Bertz CT molecular complexity index is 658. The summed E-state index contributed by atoms with van der Waals surface area (Å²) in [6.07, 6.45) is 0.523. The molecule has 0 bridgehead atoms. The molecule has 0 aliphatic heterocycles. The number of para-hydroxylation sites is 2. The number of rotatable bonds is 5. The summed E-state index contributed by atoms with van der Waals surface area (Å²) in [7, 11) is 1.51. The summed E-state index contributed by atoms with van der Waals surface area (Å²) in [6.45, 7) is 1.49. The number of benzene rings is 1. The molecule has 1 N–H and O–H groups in total. The zero-order chi connectivity index (χ0) is 15.9.